The first-order valence-corrected chi connectivity index (χ1v) is 8.97. The summed E-state index contributed by atoms with van der Waals surface area (Å²) in [6.45, 7) is 2.64. The second-order valence-electron chi connectivity index (χ2n) is 5.79. The van der Waals surface area contributed by atoms with Gasteiger partial charge in [-0.2, -0.15) is 16.9 Å². The molecule has 1 fully saturated rings. The van der Waals surface area contributed by atoms with Crippen LogP contribution in [0.15, 0.2) is 18.2 Å². The van der Waals surface area contributed by atoms with Crippen molar-refractivity contribution >= 4 is 11.8 Å². The van der Waals surface area contributed by atoms with E-state index in [1.165, 1.54) is 6.07 Å². The molecule has 0 aliphatic carbocycles. The smallest absolute Gasteiger partial charge is 0.164 e. The van der Waals surface area contributed by atoms with Crippen LogP contribution in [0.1, 0.15) is 31.4 Å². The maximum atomic E-state index is 13.6. The summed E-state index contributed by atoms with van der Waals surface area (Å²) in [6, 6.07) is 3.76. The minimum Gasteiger partial charge on any atom is -0.367 e. The Bertz CT molecular complexity index is 699. The quantitative estimate of drug-likeness (QED) is 0.836. The van der Waals surface area contributed by atoms with E-state index < -0.39 is 17.2 Å². The number of benzene rings is 1. The Labute approximate surface area is 138 Å². The zero-order chi connectivity index (χ0) is 16.4. The number of halogens is 2. The number of hydrogen-bond acceptors (Lipinski definition) is 4. The fraction of sp³-hybridized carbons (Fsp3) is 0.500. The highest BCUT2D eigenvalue weighted by molar-refractivity contribution is 7.98. The summed E-state index contributed by atoms with van der Waals surface area (Å²) in [7, 11) is 0. The number of hydrogen-bond donors (Lipinski definition) is 0. The maximum absolute atomic E-state index is 13.6. The van der Waals surface area contributed by atoms with Gasteiger partial charge in [0.15, 0.2) is 23.3 Å². The third kappa shape index (κ3) is 3.26. The van der Waals surface area contributed by atoms with Crippen molar-refractivity contribution < 1.29 is 13.5 Å². The Morgan fingerprint density at radius 3 is 2.83 bits per heavy atom. The fourth-order valence-corrected chi connectivity index (χ4v) is 3.14. The van der Waals surface area contributed by atoms with Crippen LogP contribution in [0.3, 0.4) is 0 Å². The van der Waals surface area contributed by atoms with Crippen molar-refractivity contribution in [2.24, 2.45) is 0 Å². The molecule has 1 aliphatic rings. The van der Waals surface area contributed by atoms with Crippen LogP contribution in [-0.2, 0) is 16.8 Å². The van der Waals surface area contributed by atoms with Gasteiger partial charge in [0.2, 0.25) is 0 Å². The number of thioether (sulfide) groups is 1. The van der Waals surface area contributed by atoms with Crippen molar-refractivity contribution in [3.05, 3.63) is 41.5 Å². The first-order chi connectivity index (χ1) is 11.0. The van der Waals surface area contributed by atoms with Crippen molar-refractivity contribution in [3.63, 3.8) is 0 Å². The van der Waals surface area contributed by atoms with Crippen molar-refractivity contribution in [1.29, 1.82) is 0 Å². The molecule has 3 rings (SSSR count). The molecule has 0 bridgehead atoms. The Morgan fingerprint density at radius 2 is 2.17 bits per heavy atom. The predicted molar refractivity (Wildman–Crippen MR) is 85.9 cm³/mol. The van der Waals surface area contributed by atoms with Crippen LogP contribution in [-0.4, -0.2) is 33.4 Å². The summed E-state index contributed by atoms with van der Waals surface area (Å²) >= 11 is 1.71. The van der Waals surface area contributed by atoms with E-state index >= 15 is 0 Å². The maximum Gasteiger partial charge on any atom is 0.164 e. The van der Waals surface area contributed by atoms with Crippen LogP contribution >= 0.6 is 11.8 Å². The van der Waals surface area contributed by atoms with E-state index in [9.17, 15) is 8.78 Å². The van der Waals surface area contributed by atoms with Gasteiger partial charge in [0, 0.05) is 24.8 Å². The van der Waals surface area contributed by atoms with Crippen LogP contribution in [0, 0.1) is 11.6 Å². The molecular formula is C16H19F2N3OS. The first-order valence-electron chi connectivity index (χ1n) is 7.58. The average molecular weight is 339 g/mol. The van der Waals surface area contributed by atoms with Crippen LogP contribution in [0.4, 0.5) is 8.78 Å². The Hall–Kier alpha value is -1.47. The highest BCUT2D eigenvalue weighted by atomic mass is 32.2. The van der Waals surface area contributed by atoms with Gasteiger partial charge in [0.05, 0.1) is 5.69 Å². The zero-order valence-corrected chi connectivity index (χ0v) is 14.0. The summed E-state index contributed by atoms with van der Waals surface area (Å²) in [5.74, 6) is 0.472. The minimum absolute atomic E-state index is 0.457. The molecule has 0 saturated carbocycles. The van der Waals surface area contributed by atoms with Crippen molar-refractivity contribution in [2.45, 2.75) is 31.8 Å². The summed E-state index contributed by atoms with van der Waals surface area (Å²) in [5.41, 5.74) is -0.0892. The van der Waals surface area contributed by atoms with E-state index in [2.05, 4.69) is 10.1 Å². The van der Waals surface area contributed by atoms with Crippen LogP contribution in [0.5, 0.6) is 0 Å². The predicted octanol–water partition coefficient (Wildman–Crippen LogP) is 3.48. The minimum atomic E-state index is -0.896. The molecule has 0 spiro atoms. The molecule has 1 saturated heterocycles. The van der Waals surface area contributed by atoms with Crippen LogP contribution < -0.4 is 0 Å². The van der Waals surface area contributed by atoms with E-state index in [1.807, 2.05) is 13.2 Å². The van der Waals surface area contributed by atoms with Gasteiger partial charge in [0.25, 0.3) is 0 Å². The molecule has 1 aromatic heterocycles. The Kier molecular flexibility index (Phi) is 4.68. The lowest BCUT2D eigenvalue weighted by Gasteiger charge is -2.22. The molecule has 4 nitrogen and oxygen atoms in total. The lowest BCUT2D eigenvalue weighted by atomic mass is 10.0. The van der Waals surface area contributed by atoms with Crippen LogP contribution in [0.2, 0.25) is 0 Å². The third-order valence-corrected chi connectivity index (χ3v) is 4.63. The molecule has 2 aromatic rings. The number of ether oxygens (including phenoxy) is 1. The topological polar surface area (TPSA) is 39.9 Å². The Balaban J connectivity index is 2.05. The highest BCUT2D eigenvalue weighted by Crippen LogP contribution is 2.35. The lowest BCUT2D eigenvalue weighted by molar-refractivity contribution is 0.00761. The van der Waals surface area contributed by atoms with Gasteiger partial charge in [-0.3, -0.25) is 0 Å². The molecule has 0 amide bonds. The Morgan fingerprint density at radius 1 is 1.35 bits per heavy atom. The number of rotatable bonds is 5. The molecule has 124 valence electrons. The first kappa shape index (κ1) is 16.4. The summed E-state index contributed by atoms with van der Waals surface area (Å²) in [4.78, 5) is 4.63. The fourth-order valence-electron chi connectivity index (χ4n) is 2.75. The summed E-state index contributed by atoms with van der Waals surface area (Å²) in [6.07, 6.45) is 4.52. The number of nitrogens with zero attached hydrogens (tertiary/aromatic N) is 3. The van der Waals surface area contributed by atoms with E-state index in [0.717, 1.165) is 37.1 Å². The van der Waals surface area contributed by atoms with Gasteiger partial charge < -0.3 is 4.74 Å². The van der Waals surface area contributed by atoms with Crippen molar-refractivity contribution in [1.82, 2.24) is 14.8 Å². The number of aromatic nitrogens is 3. The second-order valence-corrected chi connectivity index (χ2v) is 6.77. The van der Waals surface area contributed by atoms with Crippen molar-refractivity contribution in [3.8, 4) is 5.69 Å². The van der Waals surface area contributed by atoms with E-state index in [1.54, 1.807) is 16.4 Å². The van der Waals surface area contributed by atoms with Crippen LogP contribution in [0.25, 0.3) is 5.69 Å². The third-order valence-electron chi connectivity index (χ3n) is 4.02. The van der Waals surface area contributed by atoms with Gasteiger partial charge in [-0.1, -0.05) is 0 Å². The summed E-state index contributed by atoms with van der Waals surface area (Å²) in [5, 5.41) is 4.50. The molecule has 1 aliphatic heterocycles. The normalized spacial score (nSPS) is 21.0. The van der Waals surface area contributed by atoms with Gasteiger partial charge >= 0.3 is 0 Å². The molecule has 0 radical (unpaired) electrons. The largest absolute Gasteiger partial charge is 0.367 e. The SMILES string of the molecule is CSCCc1nc(C2(C)CCCO2)n(-c2ccc(F)c(F)c2)n1. The summed E-state index contributed by atoms with van der Waals surface area (Å²) < 4.78 is 34.3. The molecule has 23 heavy (non-hydrogen) atoms. The van der Waals surface area contributed by atoms with Gasteiger partial charge in [-0.25, -0.2) is 18.4 Å². The molecular weight excluding hydrogens is 320 g/mol. The average Bonchev–Trinajstić information content (AvgIpc) is 3.15. The molecule has 2 heterocycles. The van der Waals surface area contributed by atoms with E-state index in [-0.39, 0.29) is 0 Å². The highest BCUT2D eigenvalue weighted by Gasteiger charge is 2.37. The van der Waals surface area contributed by atoms with Gasteiger partial charge in [-0.15, -0.1) is 0 Å². The standard InChI is InChI=1S/C16H19F2N3OS/c1-16(7-3-8-22-16)15-19-14(6-9-23-2)20-21(15)11-4-5-12(17)13(18)10-11/h4-5,10H,3,6-9H2,1-2H3. The van der Waals surface area contributed by atoms with E-state index in [0.29, 0.717) is 23.9 Å². The second kappa shape index (κ2) is 6.57. The van der Waals surface area contributed by atoms with Gasteiger partial charge in [-0.05, 0) is 38.2 Å². The molecule has 1 aromatic carbocycles. The molecule has 0 N–H and O–H groups in total. The molecule has 1 unspecified atom stereocenters. The zero-order valence-electron chi connectivity index (χ0n) is 13.2. The van der Waals surface area contributed by atoms with Gasteiger partial charge in [0.1, 0.15) is 5.60 Å². The molecule has 1 atom stereocenters. The number of aryl methyl sites for hydroxylation is 1. The van der Waals surface area contributed by atoms with E-state index in [4.69, 9.17) is 4.74 Å². The van der Waals surface area contributed by atoms with Crippen molar-refractivity contribution in [2.75, 3.05) is 18.6 Å². The molecule has 7 heteroatoms. The lowest BCUT2D eigenvalue weighted by Crippen LogP contribution is -2.25. The monoisotopic (exact) mass is 339 g/mol.